The molecule has 1 unspecified atom stereocenters. The van der Waals surface area contributed by atoms with Crippen molar-refractivity contribution in [2.24, 2.45) is 10.9 Å². The van der Waals surface area contributed by atoms with Gasteiger partial charge in [-0.25, -0.2) is 0 Å². The van der Waals surface area contributed by atoms with Gasteiger partial charge in [0.25, 0.3) is 0 Å². The zero-order chi connectivity index (χ0) is 21.8. The molecule has 0 aromatic carbocycles. The van der Waals surface area contributed by atoms with Gasteiger partial charge in [-0.15, -0.1) is 0 Å². The lowest BCUT2D eigenvalue weighted by Crippen LogP contribution is -2.52. The topological polar surface area (TPSA) is 63.2 Å². The second-order valence-corrected chi connectivity index (χ2v) is 8.86. The number of guanidine groups is 1. The van der Waals surface area contributed by atoms with E-state index in [2.05, 4.69) is 51.1 Å². The Hall–Kier alpha value is -1.34. The van der Waals surface area contributed by atoms with E-state index in [1.54, 1.807) is 0 Å². The minimum absolute atomic E-state index is 0.307. The average molecular weight is 423 g/mol. The van der Waals surface area contributed by atoms with Crippen LogP contribution in [0.3, 0.4) is 0 Å². The van der Waals surface area contributed by atoms with Gasteiger partial charge in [0, 0.05) is 58.3 Å². The second-order valence-electron chi connectivity index (χ2n) is 8.86. The highest BCUT2D eigenvalue weighted by Crippen LogP contribution is 2.26. The van der Waals surface area contributed by atoms with Crippen molar-refractivity contribution in [3.63, 3.8) is 0 Å². The average Bonchev–Trinajstić information content (AvgIpc) is 3.31. The second kappa shape index (κ2) is 13.9. The van der Waals surface area contributed by atoms with Crippen LogP contribution in [0.2, 0.25) is 0 Å². The Morgan fingerprint density at radius 1 is 1.13 bits per heavy atom. The first-order chi connectivity index (χ1) is 14.6. The Balaban J connectivity index is 1.58. The molecule has 2 fully saturated rings. The summed E-state index contributed by atoms with van der Waals surface area (Å²) < 4.78 is 0. The number of amides is 1. The van der Waals surface area contributed by atoms with Crippen LogP contribution in [0.25, 0.3) is 0 Å². The SMILES string of the molecule is CCN(CC)CCCC(C)NC(=NC)NCCN1CCN(C(=O)C2CCCC2)CC1. The Kier molecular flexibility index (Phi) is 11.5. The van der Waals surface area contributed by atoms with Gasteiger partial charge in [-0.05, 0) is 52.2 Å². The number of hydrogen-bond donors (Lipinski definition) is 2. The van der Waals surface area contributed by atoms with Gasteiger partial charge >= 0.3 is 0 Å². The highest BCUT2D eigenvalue weighted by atomic mass is 16.2. The Morgan fingerprint density at radius 2 is 1.80 bits per heavy atom. The smallest absolute Gasteiger partial charge is 0.225 e. The van der Waals surface area contributed by atoms with Crippen molar-refractivity contribution in [1.82, 2.24) is 25.3 Å². The van der Waals surface area contributed by atoms with Crippen molar-refractivity contribution in [2.75, 3.05) is 66.0 Å². The van der Waals surface area contributed by atoms with Crippen LogP contribution in [-0.2, 0) is 4.79 Å². The summed E-state index contributed by atoms with van der Waals surface area (Å²) in [5, 5.41) is 6.97. The number of nitrogens with one attached hydrogen (secondary N) is 2. The van der Waals surface area contributed by atoms with E-state index >= 15 is 0 Å². The molecule has 2 aliphatic rings. The summed E-state index contributed by atoms with van der Waals surface area (Å²) in [5.74, 6) is 1.60. The van der Waals surface area contributed by atoms with Gasteiger partial charge in [0.1, 0.15) is 0 Å². The van der Waals surface area contributed by atoms with Crippen LogP contribution in [0.5, 0.6) is 0 Å². The Labute approximate surface area is 184 Å². The van der Waals surface area contributed by atoms with Crippen LogP contribution in [-0.4, -0.2) is 98.6 Å². The number of rotatable bonds is 11. The summed E-state index contributed by atoms with van der Waals surface area (Å²) in [4.78, 5) is 24.0. The van der Waals surface area contributed by atoms with Gasteiger partial charge in [0.05, 0.1) is 0 Å². The van der Waals surface area contributed by atoms with E-state index in [4.69, 9.17) is 0 Å². The van der Waals surface area contributed by atoms with Gasteiger partial charge in [-0.1, -0.05) is 26.7 Å². The first-order valence-corrected chi connectivity index (χ1v) is 12.3. The molecule has 2 N–H and O–H groups in total. The van der Waals surface area contributed by atoms with Crippen LogP contribution >= 0.6 is 0 Å². The molecule has 1 atom stereocenters. The zero-order valence-corrected chi connectivity index (χ0v) is 20.0. The maximum Gasteiger partial charge on any atom is 0.225 e. The quantitative estimate of drug-likeness (QED) is 0.394. The van der Waals surface area contributed by atoms with E-state index in [1.165, 1.54) is 25.8 Å². The van der Waals surface area contributed by atoms with Crippen LogP contribution in [0.4, 0.5) is 0 Å². The van der Waals surface area contributed by atoms with Gasteiger partial charge in [0.2, 0.25) is 5.91 Å². The molecular formula is C23H46N6O. The summed E-state index contributed by atoms with van der Waals surface area (Å²) in [6, 6.07) is 0.414. The fraction of sp³-hybridized carbons (Fsp3) is 0.913. The first kappa shape index (κ1) is 24.9. The normalized spacial score (nSPS) is 20.0. The van der Waals surface area contributed by atoms with E-state index in [1.807, 2.05) is 7.05 Å². The molecular weight excluding hydrogens is 376 g/mol. The van der Waals surface area contributed by atoms with Gasteiger partial charge in [-0.3, -0.25) is 14.7 Å². The number of piperazine rings is 1. The van der Waals surface area contributed by atoms with E-state index in [0.717, 1.165) is 77.6 Å². The minimum Gasteiger partial charge on any atom is -0.355 e. The molecule has 0 aromatic rings. The molecule has 0 aromatic heterocycles. The van der Waals surface area contributed by atoms with Gasteiger partial charge in [0.15, 0.2) is 5.96 Å². The van der Waals surface area contributed by atoms with Crippen LogP contribution < -0.4 is 10.6 Å². The predicted molar refractivity (Wildman–Crippen MR) is 126 cm³/mol. The van der Waals surface area contributed by atoms with Crippen molar-refractivity contribution in [1.29, 1.82) is 0 Å². The summed E-state index contributed by atoms with van der Waals surface area (Å²) in [5.41, 5.74) is 0. The van der Waals surface area contributed by atoms with Crippen LogP contribution in [0.1, 0.15) is 59.3 Å². The van der Waals surface area contributed by atoms with Crippen molar-refractivity contribution in [3.05, 3.63) is 0 Å². The molecule has 0 radical (unpaired) electrons. The van der Waals surface area contributed by atoms with Gasteiger partial charge < -0.3 is 20.4 Å². The molecule has 1 amide bonds. The molecule has 0 bridgehead atoms. The highest BCUT2D eigenvalue weighted by molar-refractivity contribution is 5.80. The molecule has 1 saturated heterocycles. The molecule has 2 rings (SSSR count). The number of nitrogens with zero attached hydrogens (tertiary/aromatic N) is 4. The van der Waals surface area contributed by atoms with E-state index in [0.29, 0.717) is 17.9 Å². The van der Waals surface area contributed by atoms with Crippen LogP contribution in [0.15, 0.2) is 4.99 Å². The lowest BCUT2D eigenvalue weighted by molar-refractivity contribution is -0.137. The third-order valence-electron chi connectivity index (χ3n) is 6.72. The van der Waals surface area contributed by atoms with Crippen molar-refractivity contribution >= 4 is 11.9 Å². The van der Waals surface area contributed by atoms with Gasteiger partial charge in [-0.2, -0.15) is 0 Å². The molecule has 174 valence electrons. The zero-order valence-electron chi connectivity index (χ0n) is 20.0. The van der Waals surface area contributed by atoms with E-state index in [-0.39, 0.29) is 0 Å². The predicted octanol–water partition coefficient (Wildman–Crippen LogP) is 2.00. The highest BCUT2D eigenvalue weighted by Gasteiger charge is 2.29. The maximum absolute atomic E-state index is 12.6. The van der Waals surface area contributed by atoms with Crippen molar-refractivity contribution in [2.45, 2.75) is 65.3 Å². The molecule has 7 nitrogen and oxygen atoms in total. The minimum atomic E-state index is 0.307. The van der Waals surface area contributed by atoms with E-state index in [9.17, 15) is 4.79 Å². The summed E-state index contributed by atoms with van der Waals surface area (Å²) >= 11 is 0. The first-order valence-electron chi connectivity index (χ1n) is 12.3. The maximum atomic E-state index is 12.6. The number of carbonyl (C=O) groups is 1. The monoisotopic (exact) mass is 422 g/mol. The Bertz CT molecular complexity index is 508. The standard InChI is InChI=1S/C23H46N6O/c1-5-27(6-2)14-9-10-20(3)26-23(24-4)25-13-15-28-16-18-29(19-17-28)22(30)21-11-7-8-12-21/h20-21H,5-19H2,1-4H3,(H2,24,25,26). The lowest BCUT2D eigenvalue weighted by Gasteiger charge is -2.36. The number of aliphatic imine (C=N–C) groups is 1. The fourth-order valence-corrected chi connectivity index (χ4v) is 4.62. The number of carbonyl (C=O) groups excluding carboxylic acids is 1. The molecule has 1 aliphatic heterocycles. The molecule has 7 heteroatoms. The Morgan fingerprint density at radius 3 is 2.40 bits per heavy atom. The molecule has 0 spiro atoms. The van der Waals surface area contributed by atoms with Crippen LogP contribution in [0, 0.1) is 5.92 Å². The van der Waals surface area contributed by atoms with E-state index < -0.39 is 0 Å². The summed E-state index contributed by atoms with van der Waals surface area (Å²) in [6.45, 7) is 15.7. The third-order valence-corrected chi connectivity index (χ3v) is 6.72. The summed E-state index contributed by atoms with van der Waals surface area (Å²) in [7, 11) is 1.84. The molecule has 1 aliphatic carbocycles. The largest absolute Gasteiger partial charge is 0.355 e. The lowest BCUT2D eigenvalue weighted by atomic mass is 10.1. The number of hydrogen-bond acceptors (Lipinski definition) is 4. The fourth-order valence-electron chi connectivity index (χ4n) is 4.62. The molecule has 1 heterocycles. The molecule has 1 saturated carbocycles. The van der Waals surface area contributed by atoms with Crippen molar-refractivity contribution < 1.29 is 4.79 Å². The summed E-state index contributed by atoms with van der Waals surface area (Å²) in [6.07, 6.45) is 7.01. The molecule has 30 heavy (non-hydrogen) atoms. The third kappa shape index (κ3) is 8.42. The van der Waals surface area contributed by atoms with Crippen molar-refractivity contribution in [3.8, 4) is 0 Å².